The molecule has 0 aliphatic heterocycles. The smallest absolute Gasteiger partial charge is 0.192 e. The van der Waals surface area contributed by atoms with Gasteiger partial charge in [-0.2, -0.15) is 0 Å². The highest BCUT2D eigenvalue weighted by Crippen LogP contribution is 2.36. The van der Waals surface area contributed by atoms with E-state index in [1.165, 1.54) is 12.8 Å². The van der Waals surface area contributed by atoms with Crippen molar-refractivity contribution in [3.05, 3.63) is 0 Å². The Morgan fingerprint density at radius 2 is 1.82 bits per heavy atom. The van der Waals surface area contributed by atoms with Crippen molar-refractivity contribution < 1.29 is 8.82 Å². The Labute approximate surface area is 107 Å². The molecule has 0 amide bonds. The van der Waals surface area contributed by atoms with Crippen molar-refractivity contribution >= 4 is 8.32 Å². The molecule has 1 aliphatic rings. The van der Waals surface area contributed by atoms with E-state index in [0.29, 0.717) is 12.6 Å². The summed E-state index contributed by atoms with van der Waals surface area (Å²) >= 11 is 0. The Bertz CT molecular complexity index is 236. The highest BCUT2D eigenvalue weighted by Gasteiger charge is 2.37. The summed E-state index contributed by atoms with van der Waals surface area (Å²) in [4.78, 5) is 2.24. The zero-order valence-electron chi connectivity index (χ0n) is 12.1. The van der Waals surface area contributed by atoms with Gasteiger partial charge in [-0.25, -0.2) is 4.39 Å². The molecule has 0 unspecified atom stereocenters. The Balaban J connectivity index is 2.30. The van der Waals surface area contributed by atoms with Crippen LogP contribution >= 0.6 is 0 Å². The molecule has 0 bridgehead atoms. The zero-order valence-corrected chi connectivity index (χ0v) is 13.1. The summed E-state index contributed by atoms with van der Waals surface area (Å²) < 4.78 is 18.5. The van der Waals surface area contributed by atoms with Gasteiger partial charge in [-0.15, -0.1) is 0 Å². The van der Waals surface area contributed by atoms with Crippen LogP contribution in [-0.4, -0.2) is 45.6 Å². The molecule has 1 aliphatic carbocycles. The number of nitrogens with zero attached hydrogens (tertiary/aromatic N) is 1. The molecule has 0 saturated heterocycles. The molecule has 1 saturated carbocycles. The Hall–Kier alpha value is 0.0669. The van der Waals surface area contributed by atoms with E-state index in [2.05, 4.69) is 38.8 Å². The van der Waals surface area contributed by atoms with Crippen molar-refractivity contribution in [2.24, 2.45) is 0 Å². The third-order valence-electron chi connectivity index (χ3n) is 4.08. The van der Waals surface area contributed by atoms with Crippen LogP contribution in [-0.2, 0) is 4.43 Å². The van der Waals surface area contributed by atoms with Crippen molar-refractivity contribution in [2.45, 2.75) is 57.8 Å². The summed E-state index contributed by atoms with van der Waals surface area (Å²) in [7, 11) is -1.63. The first-order valence-corrected chi connectivity index (χ1v) is 9.63. The van der Waals surface area contributed by atoms with Crippen molar-refractivity contribution in [2.75, 3.05) is 26.4 Å². The number of alkyl halides is 1. The van der Waals surface area contributed by atoms with E-state index in [9.17, 15) is 4.39 Å². The van der Waals surface area contributed by atoms with Gasteiger partial charge >= 0.3 is 0 Å². The standard InChI is InChI=1S/C13H28FNOSi/c1-13(2,3)17(4,5)16-11-10-15(9-8-14)12-6-7-12/h12H,6-11H2,1-5H3. The Kier molecular flexibility index (Phi) is 5.16. The van der Waals surface area contributed by atoms with Gasteiger partial charge in [-0.05, 0) is 31.0 Å². The Morgan fingerprint density at radius 1 is 1.24 bits per heavy atom. The molecule has 0 heterocycles. The van der Waals surface area contributed by atoms with Gasteiger partial charge in [0.25, 0.3) is 0 Å². The molecule has 17 heavy (non-hydrogen) atoms. The van der Waals surface area contributed by atoms with Gasteiger partial charge in [-0.1, -0.05) is 20.8 Å². The van der Waals surface area contributed by atoms with Crippen molar-refractivity contribution in [1.29, 1.82) is 0 Å². The van der Waals surface area contributed by atoms with E-state index in [4.69, 9.17) is 4.43 Å². The van der Waals surface area contributed by atoms with E-state index < -0.39 is 8.32 Å². The molecular weight excluding hydrogens is 233 g/mol. The first-order valence-electron chi connectivity index (χ1n) is 6.72. The van der Waals surface area contributed by atoms with Crippen molar-refractivity contribution in [3.63, 3.8) is 0 Å². The number of halogens is 1. The summed E-state index contributed by atoms with van der Waals surface area (Å²) in [6.45, 7) is 13.3. The second kappa shape index (κ2) is 5.80. The monoisotopic (exact) mass is 261 g/mol. The molecule has 0 aromatic carbocycles. The van der Waals surface area contributed by atoms with Gasteiger partial charge in [-0.3, -0.25) is 4.90 Å². The first kappa shape index (κ1) is 15.1. The largest absolute Gasteiger partial charge is 0.416 e. The van der Waals surface area contributed by atoms with Crippen LogP contribution in [0.1, 0.15) is 33.6 Å². The number of hydrogen-bond donors (Lipinski definition) is 0. The maximum atomic E-state index is 12.4. The van der Waals surface area contributed by atoms with Crippen LogP contribution in [0.5, 0.6) is 0 Å². The third-order valence-corrected chi connectivity index (χ3v) is 8.62. The summed E-state index contributed by atoms with van der Waals surface area (Å²) in [6.07, 6.45) is 2.47. The van der Waals surface area contributed by atoms with Crippen LogP contribution < -0.4 is 0 Å². The normalized spacial score (nSPS) is 17.8. The minimum absolute atomic E-state index is 0.239. The summed E-state index contributed by atoms with van der Waals surface area (Å²) in [5, 5.41) is 0.261. The lowest BCUT2D eigenvalue weighted by Gasteiger charge is -2.36. The Morgan fingerprint density at radius 3 is 2.24 bits per heavy atom. The van der Waals surface area contributed by atoms with Gasteiger partial charge in [0.05, 0.1) is 0 Å². The third kappa shape index (κ3) is 4.68. The van der Waals surface area contributed by atoms with Crippen LogP contribution in [0.25, 0.3) is 0 Å². The van der Waals surface area contributed by atoms with Crippen molar-refractivity contribution in [1.82, 2.24) is 4.90 Å². The number of rotatable bonds is 7. The zero-order chi connectivity index (χ0) is 13.1. The van der Waals surface area contributed by atoms with Gasteiger partial charge in [0, 0.05) is 25.7 Å². The fourth-order valence-corrected chi connectivity index (χ4v) is 2.69. The quantitative estimate of drug-likeness (QED) is 0.651. The van der Waals surface area contributed by atoms with Crippen LogP contribution in [0.15, 0.2) is 0 Å². The topological polar surface area (TPSA) is 12.5 Å². The molecule has 0 spiro atoms. The maximum Gasteiger partial charge on any atom is 0.192 e. The molecule has 1 fully saturated rings. The van der Waals surface area contributed by atoms with Gasteiger partial charge in [0.15, 0.2) is 8.32 Å². The van der Waals surface area contributed by atoms with Gasteiger partial charge in [0.1, 0.15) is 6.67 Å². The molecule has 0 atom stereocenters. The molecule has 0 aromatic rings. The fraction of sp³-hybridized carbons (Fsp3) is 1.00. The SMILES string of the molecule is CC(C)(C)[Si](C)(C)OCCN(CCF)C1CC1. The second-order valence-electron chi connectivity index (χ2n) is 6.56. The predicted molar refractivity (Wildman–Crippen MR) is 73.7 cm³/mol. The van der Waals surface area contributed by atoms with Crippen LogP contribution in [0.3, 0.4) is 0 Å². The second-order valence-corrected chi connectivity index (χ2v) is 11.4. The minimum Gasteiger partial charge on any atom is -0.416 e. The summed E-state index contributed by atoms with van der Waals surface area (Å²) in [6, 6.07) is 0.633. The van der Waals surface area contributed by atoms with Crippen molar-refractivity contribution in [3.8, 4) is 0 Å². The van der Waals surface area contributed by atoms with E-state index in [1.807, 2.05) is 0 Å². The van der Waals surface area contributed by atoms with Gasteiger partial charge < -0.3 is 4.43 Å². The van der Waals surface area contributed by atoms with E-state index in [0.717, 1.165) is 13.2 Å². The minimum atomic E-state index is -1.63. The lowest BCUT2D eigenvalue weighted by Crippen LogP contribution is -2.43. The van der Waals surface area contributed by atoms with Crippen LogP contribution in [0, 0.1) is 0 Å². The molecule has 0 radical (unpaired) electrons. The maximum absolute atomic E-state index is 12.4. The lowest BCUT2D eigenvalue weighted by atomic mass is 10.2. The van der Waals surface area contributed by atoms with Gasteiger partial charge in [0.2, 0.25) is 0 Å². The van der Waals surface area contributed by atoms with E-state index >= 15 is 0 Å². The predicted octanol–water partition coefficient (Wildman–Crippen LogP) is 3.44. The summed E-state index contributed by atoms with van der Waals surface area (Å²) in [5.41, 5.74) is 0. The molecule has 0 aromatic heterocycles. The van der Waals surface area contributed by atoms with E-state index in [1.54, 1.807) is 0 Å². The average Bonchev–Trinajstić information content (AvgIpc) is 2.97. The molecule has 1 rings (SSSR count). The number of hydrogen-bond acceptors (Lipinski definition) is 2. The highest BCUT2D eigenvalue weighted by molar-refractivity contribution is 6.74. The van der Waals surface area contributed by atoms with E-state index in [-0.39, 0.29) is 11.7 Å². The first-order chi connectivity index (χ1) is 7.78. The molecular formula is C13H28FNOSi. The molecule has 4 heteroatoms. The fourth-order valence-electron chi connectivity index (χ4n) is 1.66. The highest BCUT2D eigenvalue weighted by atomic mass is 28.4. The molecule has 0 N–H and O–H groups in total. The summed E-state index contributed by atoms with van der Waals surface area (Å²) in [5.74, 6) is 0. The average molecular weight is 261 g/mol. The molecule has 2 nitrogen and oxygen atoms in total. The van der Waals surface area contributed by atoms with Crippen LogP contribution in [0.4, 0.5) is 4.39 Å². The van der Waals surface area contributed by atoms with Crippen LogP contribution in [0.2, 0.25) is 18.1 Å². The lowest BCUT2D eigenvalue weighted by molar-refractivity contribution is 0.181. The molecule has 102 valence electrons.